The van der Waals surface area contributed by atoms with Gasteiger partial charge in [0.1, 0.15) is 5.75 Å². The van der Waals surface area contributed by atoms with Crippen molar-refractivity contribution in [3.63, 3.8) is 0 Å². The second-order valence-corrected chi connectivity index (χ2v) is 7.42. The number of fused-ring (bicyclic) bond motifs is 1. The summed E-state index contributed by atoms with van der Waals surface area (Å²) >= 11 is 0. The van der Waals surface area contributed by atoms with Gasteiger partial charge in [0.2, 0.25) is 5.91 Å². The lowest BCUT2D eigenvalue weighted by atomic mass is 10.1. The van der Waals surface area contributed by atoms with Crippen LogP contribution in [0.15, 0.2) is 54.7 Å². The number of methoxy groups -OCH3 is 1. The highest BCUT2D eigenvalue weighted by Crippen LogP contribution is 2.22. The van der Waals surface area contributed by atoms with E-state index in [2.05, 4.69) is 44.4 Å². The van der Waals surface area contributed by atoms with Gasteiger partial charge in [-0.25, -0.2) is 0 Å². The van der Waals surface area contributed by atoms with Gasteiger partial charge in [0, 0.05) is 61.6 Å². The van der Waals surface area contributed by atoms with Gasteiger partial charge in [0.15, 0.2) is 0 Å². The van der Waals surface area contributed by atoms with E-state index in [-0.39, 0.29) is 5.91 Å². The minimum atomic E-state index is 0.0969. The van der Waals surface area contributed by atoms with Gasteiger partial charge in [-0.05, 0) is 30.2 Å². The van der Waals surface area contributed by atoms with Gasteiger partial charge >= 0.3 is 0 Å². The molecule has 0 saturated carbocycles. The molecule has 2 heterocycles. The van der Waals surface area contributed by atoms with E-state index in [0.29, 0.717) is 13.1 Å². The van der Waals surface area contributed by atoms with E-state index >= 15 is 0 Å². The highest BCUT2D eigenvalue weighted by molar-refractivity contribution is 5.83. The van der Waals surface area contributed by atoms with Crippen molar-refractivity contribution >= 4 is 22.5 Å². The molecule has 0 unspecified atom stereocenters. The van der Waals surface area contributed by atoms with Crippen molar-refractivity contribution in [2.24, 2.45) is 0 Å². The third-order valence-electron chi connectivity index (χ3n) is 5.55. The van der Waals surface area contributed by atoms with Crippen LogP contribution in [0.25, 0.3) is 10.9 Å². The zero-order valence-corrected chi connectivity index (χ0v) is 16.9. The molecule has 1 saturated heterocycles. The summed E-state index contributed by atoms with van der Waals surface area (Å²) in [5.74, 6) is 0.971. The lowest BCUT2D eigenvalue weighted by Gasteiger charge is -2.35. The van der Waals surface area contributed by atoms with E-state index in [9.17, 15) is 4.79 Å². The van der Waals surface area contributed by atoms with Crippen LogP contribution in [-0.4, -0.2) is 62.2 Å². The average Bonchev–Trinajstić information content (AvgIpc) is 3.17. The molecule has 6 nitrogen and oxygen atoms in total. The molecule has 1 aliphatic rings. The number of hydrogen-bond donors (Lipinski definition) is 2. The van der Waals surface area contributed by atoms with E-state index in [4.69, 9.17) is 4.74 Å². The van der Waals surface area contributed by atoms with E-state index < -0.39 is 0 Å². The molecular formula is C23H28N4O2. The van der Waals surface area contributed by atoms with E-state index in [1.165, 1.54) is 16.6 Å². The standard InChI is InChI=1S/C23H28N4O2/c1-29-20-6-4-5-19(15-20)27-13-11-26(12-14-27)17-23(28)24-10-9-18-16-25-22-8-3-2-7-21(18)22/h2-8,15-16,25H,9-14,17H2,1H3,(H,24,28). The summed E-state index contributed by atoms with van der Waals surface area (Å²) in [6.07, 6.45) is 2.87. The predicted molar refractivity (Wildman–Crippen MR) is 117 cm³/mol. The first kappa shape index (κ1) is 19.3. The van der Waals surface area contributed by atoms with Crippen molar-refractivity contribution in [2.75, 3.05) is 51.3 Å². The van der Waals surface area contributed by atoms with Gasteiger partial charge < -0.3 is 19.9 Å². The SMILES string of the molecule is COc1cccc(N2CCN(CC(=O)NCCc3c[nH]c4ccccc34)CC2)c1. The first-order valence-electron chi connectivity index (χ1n) is 10.2. The minimum absolute atomic E-state index is 0.0969. The number of nitrogens with one attached hydrogen (secondary N) is 2. The molecule has 152 valence electrons. The zero-order chi connectivity index (χ0) is 20.1. The number of carbonyl (C=O) groups is 1. The third-order valence-corrected chi connectivity index (χ3v) is 5.55. The van der Waals surface area contributed by atoms with Crippen molar-refractivity contribution in [2.45, 2.75) is 6.42 Å². The molecule has 1 amide bonds. The normalized spacial score (nSPS) is 14.9. The predicted octanol–water partition coefficient (Wildman–Crippen LogP) is 2.66. The number of rotatable bonds is 7. The molecule has 1 aliphatic heterocycles. The molecule has 0 spiro atoms. The number of aromatic amines is 1. The summed E-state index contributed by atoms with van der Waals surface area (Å²) in [5.41, 5.74) is 3.56. The highest BCUT2D eigenvalue weighted by atomic mass is 16.5. The zero-order valence-electron chi connectivity index (χ0n) is 16.9. The van der Waals surface area contributed by atoms with E-state index in [0.717, 1.165) is 43.9 Å². The fourth-order valence-electron chi connectivity index (χ4n) is 3.91. The molecular weight excluding hydrogens is 364 g/mol. The van der Waals surface area contributed by atoms with Gasteiger partial charge in [-0.1, -0.05) is 24.3 Å². The van der Waals surface area contributed by atoms with Gasteiger partial charge in [-0.3, -0.25) is 9.69 Å². The Kier molecular flexibility index (Phi) is 6.00. The first-order valence-corrected chi connectivity index (χ1v) is 10.2. The summed E-state index contributed by atoms with van der Waals surface area (Å²) in [4.78, 5) is 20.2. The molecule has 1 aromatic heterocycles. The monoisotopic (exact) mass is 392 g/mol. The maximum atomic E-state index is 12.3. The number of H-pyrrole nitrogens is 1. The number of hydrogen-bond acceptors (Lipinski definition) is 4. The minimum Gasteiger partial charge on any atom is -0.497 e. The van der Waals surface area contributed by atoms with Crippen molar-refractivity contribution in [1.82, 2.24) is 15.2 Å². The number of ether oxygens (including phenoxy) is 1. The molecule has 0 atom stereocenters. The fraction of sp³-hybridized carbons (Fsp3) is 0.348. The number of benzene rings is 2. The maximum Gasteiger partial charge on any atom is 0.234 e. The Morgan fingerprint density at radius 2 is 1.93 bits per heavy atom. The Morgan fingerprint density at radius 1 is 1.10 bits per heavy atom. The molecule has 3 aromatic rings. The van der Waals surface area contributed by atoms with Crippen LogP contribution in [-0.2, 0) is 11.2 Å². The number of para-hydroxylation sites is 1. The van der Waals surface area contributed by atoms with Crippen LogP contribution in [0.4, 0.5) is 5.69 Å². The van der Waals surface area contributed by atoms with E-state index in [1.807, 2.05) is 30.5 Å². The average molecular weight is 393 g/mol. The fourth-order valence-corrected chi connectivity index (χ4v) is 3.91. The van der Waals surface area contributed by atoms with Crippen molar-refractivity contribution < 1.29 is 9.53 Å². The molecule has 0 aliphatic carbocycles. The van der Waals surface area contributed by atoms with Crippen LogP contribution in [0.3, 0.4) is 0 Å². The van der Waals surface area contributed by atoms with Gasteiger partial charge in [-0.2, -0.15) is 0 Å². The number of aromatic nitrogens is 1. The lowest BCUT2D eigenvalue weighted by Crippen LogP contribution is -2.49. The molecule has 4 rings (SSSR count). The van der Waals surface area contributed by atoms with Crippen molar-refractivity contribution in [1.29, 1.82) is 0 Å². The molecule has 0 radical (unpaired) electrons. The summed E-state index contributed by atoms with van der Waals surface area (Å²) in [6.45, 7) is 4.70. The van der Waals surface area contributed by atoms with Gasteiger partial charge in [0.05, 0.1) is 13.7 Å². The summed E-state index contributed by atoms with van der Waals surface area (Å²) in [5, 5.41) is 4.30. The van der Waals surface area contributed by atoms with Gasteiger partial charge in [0.25, 0.3) is 0 Å². The Labute approximate surface area is 171 Å². The van der Waals surface area contributed by atoms with Crippen LogP contribution in [0.5, 0.6) is 5.75 Å². The summed E-state index contributed by atoms with van der Waals surface area (Å²) in [7, 11) is 1.69. The van der Waals surface area contributed by atoms with Crippen LogP contribution >= 0.6 is 0 Å². The summed E-state index contributed by atoms with van der Waals surface area (Å²) < 4.78 is 5.32. The van der Waals surface area contributed by atoms with E-state index in [1.54, 1.807) is 7.11 Å². The smallest absolute Gasteiger partial charge is 0.234 e. The third kappa shape index (κ3) is 4.71. The second kappa shape index (κ2) is 9.01. The summed E-state index contributed by atoms with van der Waals surface area (Å²) in [6, 6.07) is 16.4. The van der Waals surface area contributed by atoms with Crippen molar-refractivity contribution in [3.8, 4) is 5.75 Å². The second-order valence-electron chi connectivity index (χ2n) is 7.42. The molecule has 29 heavy (non-hydrogen) atoms. The van der Waals surface area contributed by atoms with Crippen LogP contribution in [0.1, 0.15) is 5.56 Å². The highest BCUT2D eigenvalue weighted by Gasteiger charge is 2.19. The molecule has 2 aromatic carbocycles. The Hall–Kier alpha value is -2.99. The van der Waals surface area contributed by atoms with Gasteiger partial charge in [-0.15, -0.1) is 0 Å². The largest absolute Gasteiger partial charge is 0.497 e. The van der Waals surface area contributed by atoms with Crippen LogP contribution in [0.2, 0.25) is 0 Å². The molecule has 6 heteroatoms. The molecule has 0 bridgehead atoms. The molecule has 1 fully saturated rings. The Bertz CT molecular complexity index is 960. The first-order chi connectivity index (χ1) is 14.2. The number of amides is 1. The maximum absolute atomic E-state index is 12.3. The number of carbonyl (C=O) groups excluding carboxylic acids is 1. The Balaban J connectivity index is 1.21. The molecule has 2 N–H and O–H groups in total. The van der Waals surface area contributed by atoms with Crippen LogP contribution < -0.4 is 15.0 Å². The Morgan fingerprint density at radius 3 is 2.76 bits per heavy atom. The number of piperazine rings is 1. The number of nitrogens with zero attached hydrogens (tertiary/aromatic N) is 2. The quantitative estimate of drug-likeness (QED) is 0.649. The topological polar surface area (TPSA) is 60.6 Å². The number of anilines is 1. The van der Waals surface area contributed by atoms with Crippen LogP contribution in [0, 0.1) is 0 Å². The lowest BCUT2D eigenvalue weighted by molar-refractivity contribution is -0.122. The van der Waals surface area contributed by atoms with Crippen molar-refractivity contribution in [3.05, 3.63) is 60.3 Å².